The predicted octanol–water partition coefficient (Wildman–Crippen LogP) is 1.45. The maximum atomic E-state index is 3.40. The molecule has 3 rings (SSSR count). The Morgan fingerprint density at radius 2 is 1.95 bits per heavy atom. The molecule has 2 aliphatic heterocycles. The molecule has 1 aromatic carbocycles. The van der Waals surface area contributed by atoms with Crippen LogP contribution < -0.4 is 15.2 Å². The van der Waals surface area contributed by atoms with Gasteiger partial charge in [-0.2, -0.15) is 0 Å². The second-order valence-electron chi connectivity index (χ2n) is 5.33. The second kappa shape index (κ2) is 5.23. The van der Waals surface area contributed by atoms with Crippen LogP contribution in [0.25, 0.3) is 0 Å². The lowest BCUT2D eigenvalue weighted by Gasteiger charge is -2.34. The van der Waals surface area contributed by atoms with Crippen LogP contribution in [0.3, 0.4) is 0 Å². The Balaban J connectivity index is 1.91. The van der Waals surface area contributed by atoms with Gasteiger partial charge in [0.15, 0.2) is 0 Å². The molecule has 0 bridgehead atoms. The van der Waals surface area contributed by atoms with Gasteiger partial charge in [0.1, 0.15) is 0 Å². The van der Waals surface area contributed by atoms with Crippen LogP contribution in [-0.4, -0.2) is 45.3 Å². The minimum atomic E-state index is 1.03. The van der Waals surface area contributed by atoms with Gasteiger partial charge in [-0.1, -0.05) is 12.1 Å². The van der Waals surface area contributed by atoms with Gasteiger partial charge in [-0.25, -0.2) is 5.01 Å². The zero-order valence-corrected chi connectivity index (χ0v) is 11.8. The number of hydrogen-bond acceptors (Lipinski definition) is 4. The Bertz CT molecular complexity index is 475. The number of nitrogens with zero attached hydrogens (tertiary/aromatic N) is 3. The number of hydrogen-bond donors (Lipinski definition) is 1. The molecule has 0 aliphatic carbocycles. The van der Waals surface area contributed by atoms with E-state index < -0.39 is 0 Å². The number of piperazine rings is 1. The average molecular weight is 258 g/mol. The lowest BCUT2D eigenvalue weighted by Crippen LogP contribution is -2.43. The van der Waals surface area contributed by atoms with Crippen molar-refractivity contribution in [2.75, 3.05) is 50.2 Å². The topological polar surface area (TPSA) is 21.8 Å². The fourth-order valence-electron chi connectivity index (χ4n) is 2.77. The van der Waals surface area contributed by atoms with E-state index in [4.69, 9.17) is 0 Å². The number of allylic oxidation sites excluding steroid dienone is 1. The Hall–Kier alpha value is -1.52. The van der Waals surface area contributed by atoms with Gasteiger partial charge in [0.2, 0.25) is 0 Å². The van der Waals surface area contributed by atoms with Crippen LogP contribution in [0.1, 0.15) is 5.56 Å². The van der Waals surface area contributed by atoms with Crippen molar-refractivity contribution in [3.8, 4) is 0 Å². The van der Waals surface area contributed by atoms with Gasteiger partial charge < -0.3 is 10.2 Å². The Morgan fingerprint density at radius 1 is 1.16 bits per heavy atom. The molecule has 4 heteroatoms. The Morgan fingerprint density at radius 3 is 2.68 bits per heavy atom. The molecule has 0 amide bonds. The molecule has 19 heavy (non-hydrogen) atoms. The predicted molar refractivity (Wildman–Crippen MR) is 80.5 cm³/mol. The smallest absolute Gasteiger partial charge is 0.0628 e. The van der Waals surface area contributed by atoms with Crippen LogP contribution in [-0.2, 0) is 6.42 Å². The van der Waals surface area contributed by atoms with E-state index in [2.05, 4.69) is 64.8 Å². The highest BCUT2D eigenvalue weighted by Gasteiger charge is 2.17. The van der Waals surface area contributed by atoms with E-state index in [9.17, 15) is 0 Å². The summed E-state index contributed by atoms with van der Waals surface area (Å²) < 4.78 is 0. The van der Waals surface area contributed by atoms with Crippen LogP contribution in [0.2, 0.25) is 0 Å². The summed E-state index contributed by atoms with van der Waals surface area (Å²) in [5.74, 6) is 0. The van der Waals surface area contributed by atoms with Gasteiger partial charge in [-0.15, -0.1) is 0 Å². The van der Waals surface area contributed by atoms with Crippen molar-refractivity contribution in [2.45, 2.75) is 6.42 Å². The number of nitrogens with one attached hydrogen (secondary N) is 1. The summed E-state index contributed by atoms with van der Waals surface area (Å²) in [6.07, 6.45) is 5.40. The molecule has 0 atom stereocenters. The molecule has 4 nitrogen and oxygen atoms in total. The van der Waals surface area contributed by atoms with Gasteiger partial charge >= 0.3 is 0 Å². The van der Waals surface area contributed by atoms with E-state index in [0.717, 1.165) is 32.6 Å². The summed E-state index contributed by atoms with van der Waals surface area (Å²) in [4.78, 5) is 2.46. The third-order valence-electron chi connectivity index (χ3n) is 3.81. The van der Waals surface area contributed by atoms with E-state index in [0.29, 0.717) is 0 Å². The van der Waals surface area contributed by atoms with Gasteiger partial charge in [0.25, 0.3) is 0 Å². The van der Waals surface area contributed by atoms with Crippen molar-refractivity contribution in [3.05, 3.63) is 36.0 Å². The molecular formula is C15H22N4. The van der Waals surface area contributed by atoms with E-state index in [1.54, 1.807) is 0 Å². The third-order valence-corrected chi connectivity index (χ3v) is 3.81. The summed E-state index contributed by atoms with van der Waals surface area (Å²) >= 11 is 0. The average Bonchev–Trinajstić information content (AvgIpc) is 2.47. The number of fused-ring (bicyclic) bond motifs is 1. The molecule has 1 fully saturated rings. The van der Waals surface area contributed by atoms with Crippen LogP contribution in [0, 0.1) is 0 Å². The molecule has 1 saturated heterocycles. The molecule has 0 radical (unpaired) electrons. The van der Waals surface area contributed by atoms with Gasteiger partial charge in [0.05, 0.1) is 5.69 Å². The van der Waals surface area contributed by atoms with Gasteiger partial charge in [-0.05, 0) is 24.1 Å². The van der Waals surface area contributed by atoms with Crippen molar-refractivity contribution in [1.29, 1.82) is 0 Å². The zero-order chi connectivity index (χ0) is 13.2. The highest BCUT2D eigenvalue weighted by Crippen LogP contribution is 2.31. The molecule has 0 saturated carbocycles. The maximum absolute atomic E-state index is 3.40. The molecule has 2 heterocycles. The van der Waals surface area contributed by atoms with E-state index in [1.807, 2.05) is 0 Å². The third kappa shape index (κ3) is 2.46. The van der Waals surface area contributed by atoms with Crippen molar-refractivity contribution >= 4 is 11.4 Å². The van der Waals surface area contributed by atoms with Gasteiger partial charge in [0, 0.05) is 52.2 Å². The first-order valence-corrected chi connectivity index (χ1v) is 6.97. The van der Waals surface area contributed by atoms with E-state index >= 15 is 0 Å². The first kappa shape index (κ1) is 12.5. The first-order chi connectivity index (χ1) is 9.25. The molecule has 102 valence electrons. The fraction of sp³-hybridized carbons (Fsp3) is 0.467. The Labute approximate surface area is 115 Å². The number of anilines is 2. The number of benzene rings is 1. The molecule has 1 aromatic rings. The van der Waals surface area contributed by atoms with Crippen molar-refractivity contribution in [3.63, 3.8) is 0 Å². The summed E-state index contributed by atoms with van der Waals surface area (Å²) in [6.45, 7) is 4.34. The monoisotopic (exact) mass is 258 g/mol. The van der Waals surface area contributed by atoms with Crippen LogP contribution in [0.15, 0.2) is 30.5 Å². The SMILES string of the molecule is CN(C)N1C=CCc2ccc(N3CCNCC3)cc21. The van der Waals surface area contributed by atoms with Crippen molar-refractivity contribution in [2.24, 2.45) is 0 Å². The highest BCUT2D eigenvalue weighted by molar-refractivity contribution is 5.66. The number of rotatable bonds is 2. The zero-order valence-electron chi connectivity index (χ0n) is 11.8. The fourth-order valence-corrected chi connectivity index (χ4v) is 2.77. The van der Waals surface area contributed by atoms with Crippen LogP contribution in [0.5, 0.6) is 0 Å². The van der Waals surface area contributed by atoms with Crippen molar-refractivity contribution < 1.29 is 0 Å². The van der Waals surface area contributed by atoms with E-state index in [-0.39, 0.29) is 0 Å². The molecule has 1 N–H and O–H groups in total. The normalized spacial score (nSPS) is 18.9. The lowest BCUT2D eigenvalue weighted by molar-refractivity contribution is 0.410. The molecule has 2 aliphatic rings. The minimum absolute atomic E-state index is 1.03. The molecule has 0 unspecified atom stereocenters. The summed E-state index contributed by atoms with van der Waals surface area (Å²) in [6, 6.07) is 6.86. The largest absolute Gasteiger partial charge is 0.369 e. The van der Waals surface area contributed by atoms with Gasteiger partial charge in [-0.3, -0.25) is 5.01 Å². The lowest BCUT2D eigenvalue weighted by atomic mass is 10.1. The summed E-state index contributed by atoms with van der Waals surface area (Å²) in [7, 11) is 4.16. The first-order valence-electron chi connectivity index (χ1n) is 6.97. The quantitative estimate of drug-likeness (QED) is 0.866. The summed E-state index contributed by atoms with van der Waals surface area (Å²) in [5, 5.41) is 7.74. The molecule has 0 spiro atoms. The minimum Gasteiger partial charge on any atom is -0.369 e. The summed E-state index contributed by atoms with van der Waals surface area (Å²) in [5.41, 5.74) is 4.04. The maximum Gasteiger partial charge on any atom is 0.0628 e. The van der Waals surface area contributed by atoms with Crippen LogP contribution in [0.4, 0.5) is 11.4 Å². The standard InChI is InChI=1S/C15H22N4/c1-17(2)19-9-3-4-13-5-6-14(12-15(13)19)18-10-7-16-8-11-18/h3,5-6,9,12,16H,4,7-8,10-11H2,1-2H3. The van der Waals surface area contributed by atoms with Crippen LogP contribution >= 0.6 is 0 Å². The number of hydrazine groups is 1. The highest BCUT2D eigenvalue weighted by atomic mass is 15.6. The van der Waals surface area contributed by atoms with E-state index in [1.165, 1.54) is 16.9 Å². The Kier molecular flexibility index (Phi) is 3.44. The van der Waals surface area contributed by atoms with Crippen molar-refractivity contribution in [1.82, 2.24) is 10.3 Å². The second-order valence-corrected chi connectivity index (χ2v) is 5.33. The molecular weight excluding hydrogens is 236 g/mol. The molecule has 0 aromatic heterocycles.